The van der Waals surface area contributed by atoms with Crippen LogP contribution in [-0.4, -0.2) is 78.5 Å². The van der Waals surface area contributed by atoms with E-state index in [9.17, 15) is 0 Å². The smallest absolute Gasteiger partial charge is 0.203 e. The number of methoxy groups -OCH3 is 2. The molecule has 1 heterocycles. The highest BCUT2D eigenvalue weighted by Crippen LogP contribution is 2.27. The van der Waals surface area contributed by atoms with Crippen LogP contribution in [-0.2, 0) is 18.9 Å². The SMILES string of the molecule is CC/[N+](CCOC)=c1/ccc2nc3cc(C)c(NCCOCCOCCOC)cc3oc-2c1. The first-order valence-electron chi connectivity index (χ1n) is 11.5. The van der Waals surface area contributed by atoms with Crippen LogP contribution in [0.2, 0.25) is 0 Å². The molecule has 0 bridgehead atoms. The zero-order chi connectivity index (χ0) is 23.5. The van der Waals surface area contributed by atoms with Gasteiger partial charge >= 0.3 is 0 Å². The van der Waals surface area contributed by atoms with Crippen molar-refractivity contribution < 1.29 is 23.4 Å². The number of anilines is 1. The third kappa shape index (κ3) is 7.23. The number of hydrogen-bond acceptors (Lipinski definition) is 7. The first kappa shape index (κ1) is 25.1. The standard InChI is InChI=1S/C25H35N3O5/c1-5-28(9-11-29-3)20-6-7-21-24(17-20)33-25-18-22(19(2)16-23(25)27-21)26-8-10-31-14-15-32-13-12-30-4/h6-7,16-18H,5,8-15H2,1-4H3/p+1. The van der Waals surface area contributed by atoms with E-state index >= 15 is 0 Å². The Bertz CT molecular complexity index is 1050. The molecule has 0 atom stereocenters. The highest BCUT2D eigenvalue weighted by atomic mass is 16.5. The molecule has 8 heteroatoms. The van der Waals surface area contributed by atoms with Gasteiger partial charge in [-0.3, -0.25) is 0 Å². The van der Waals surface area contributed by atoms with Gasteiger partial charge < -0.3 is 28.7 Å². The molecule has 0 radical (unpaired) electrons. The van der Waals surface area contributed by atoms with Crippen LogP contribution in [0.5, 0.6) is 0 Å². The summed E-state index contributed by atoms with van der Waals surface area (Å²) in [5.41, 5.74) is 4.56. The fourth-order valence-electron chi connectivity index (χ4n) is 3.55. The molecule has 0 aromatic heterocycles. The highest BCUT2D eigenvalue weighted by Gasteiger charge is 2.13. The number of nitrogens with one attached hydrogen (secondary N) is 1. The van der Waals surface area contributed by atoms with Gasteiger partial charge in [0, 0.05) is 38.6 Å². The van der Waals surface area contributed by atoms with E-state index in [1.165, 1.54) is 0 Å². The van der Waals surface area contributed by atoms with Crippen molar-refractivity contribution in [2.75, 3.05) is 78.8 Å². The van der Waals surface area contributed by atoms with E-state index in [2.05, 4.69) is 41.9 Å². The summed E-state index contributed by atoms with van der Waals surface area (Å²) in [5, 5.41) is 4.53. The normalized spacial score (nSPS) is 12.5. The second kappa shape index (κ2) is 13.3. The molecule has 0 saturated carbocycles. The molecular weight excluding hydrogens is 422 g/mol. The predicted molar refractivity (Wildman–Crippen MR) is 130 cm³/mol. The van der Waals surface area contributed by atoms with Gasteiger partial charge in [0.15, 0.2) is 17.9 Å². The number of aryl methyl sites for hydroxylation is 1. The van der Waals surface area contributed by atoms with E-state index < -0.39 is 0 Å². The largest absolute Gasteiger partial charge is 0.452 e. The fourth-order valence-corrected chi connectivity index (χ4v) is 3.55. The molecule has 0 spiro atoms. The summed E-state index contributed by atoms with van der Waals surface area (Å²) in [6.07, 6.45) is 0. The van der Waals surface area contributed by atoms with Crippen molar-refractivity contribution in [1.29, 1.82) is 0 Å². The van der Waals surface area contributed by atoms with Crippen LogP contribution < -0.4 is 15.2 Å². The molecular formula is C25H36N3O5+. The third-order valence-corrected chi connectivity index (χ3v) is 5.39. The molecule has 0 amide bonds. The Morgan fingerprint density at radius 3 is 2.45 bits per heavy atom. The van der Waals surface area contributed by atoms with Crippen LogP contribution in [0.1, 0.15) is 12.5 Å². The molecule has 8 nitrogen and oxygen atoms in total. The summed E-state index contributed by atoms with van der Waals surface area (Å²) < 4.78 is 29.7. The Labute approximate surface area is 195 Å². The minimum absolute atomic E-state index is 0.564. The van der Waals surface area contributed by atoms with Crippen LogP contribution in [0.15, 0.2) is 34.7 Å². The summed E-state index contributed by atoms with van der Waals surface area (Å²) in [6, 6.07) is 10.2. The van der Waals surface area contributed by atoms with E-state index in [4.69, 9.17) is 28.3 Å². The van der Waals surface area contributed by atoms with Gasteiger partial charge in [0.05, 0.1) is 39.1 Å². The lowest BCUT2D eigenvalue weighted by Crippen LogP contribution is -2.32. The highest BCUT2D eigenvalue weighted by molar-refractivity contribution is 5.81. The topological polar surface area (TPSA) is 78.0 Å². The molecule has 1 aliphatic heterocycles. The first-order chi connectivity index (χ1) is 16.2. The van der Waals surface area contributed by atoms with Crippen molar-refractivity contribution >= 4 is 16.8 Å². The molecule has 3 rings (SSSR count). The van der Waals surface area contributed by atoms with Gasteiger partial charge in [0.2, 0.25) is 5.36 Å². The molecule has 0 unspecified atom stereocenters. The Balaban J connectivity index is 1.69. The number of aromatic nitrogens is 1. The van der Waals surface area contributed by atoms with E-state index in [0.29, 0.717) is 46.2 Å². The van der Waals surface area contributed by atoms with E-state index in [0.717, 1.165) is 52.3 Å². The van der Waals surface area contributed by atoms with Crippen LogP contribution in [0, 0.1) is 6.92 Å². The van der Waals surface area contributed by atoms with Crippen LogP contribution in [0.4, 0.5) is 5.69 Å². The summed E-state index contributed by atoms with van der Waals surface area (Å²) in [7, 11) is 3.38. The maximum Gasteiger partial charge on any atom is 0.203 e. The van der Waals surface area contributed by atoms with Gasteiger partial charge in [-0.05, 0) is 31.5 Å². The van der Waals surface area contributed by atoms with Gasteiger partial charge in [0.25, 0.3) is 0 Å². The van der Waals surface area contributed by atoms with Crippen molar-refractivity contribution in [3.05, 3.63) is 41.3 Å². The number of ether oxygens (including phenoxy) is 4. The summed E-state index contributed by atoms with van der Waals surface area (Å²) in [4.78, 5) is 4.81. The molecule has 0 fully saturated rings. The lowest BCUT2D eigenvalue weighted by Gasteiger charge is -2.12. The molecule has 2 aliphatic rings. The van der Waals surface area contributed by atoms with Crippen molar-refractivity contribution in [1.82, 2.24) is 9.56 Å². The Morgan fingerprint density at radius 2 is 1.70 bits per heavy atom. The third-order valence-electron chi connectivity index (χ3n) is 5.39. The number of benzene rings is 2. The number of hydrogen-bond donors (Lipinski definition) is 1. The molecule has 33 heavy (non-hydrogen) atoms. The molecule has 1 aromatic rings. The lowest BCUT2D eigenvalue weighted by molar-refractivity contribution is 0.0272. The van der Waals surface area contributed by atoms with Crippen molar-refractivity contribution in [2.45, 2.75) is 13.8 Å². The van der Waals surface area contributed by atoms with Crippen LogP contribution in [0.3, 0.4) is 0 Å². The molecule has 1 aromatic carbocycles. The van der Waals surface area contributed by atoms with E-state index in [1.54, 1.807) is 14.2 Å². The maximum absolute atomic E-state index is 6.25. The number of likely N-dealkylation sites (N-methyl/N-ethyl adjacent to an activating group) is 1. The molecule has 180 valence electrons. The molecule has 1 aliphatic carbocycles. The van der Waals surface area contributed by atoms with E-state index in [-0.39, 0.29) is 0 Å². The fraction of sp³-hybridized carbons (Fsp3) is 0.520. The minimum atomic E-state index is 0.564. The van der Waals surface area contributed by atoms with Gasteiger partial charge in [-0.25, -0.2) is 9.56 Å². The van der Waals surface area contributed by atoms with Crippen molar-refractivity contribution in [2.24, 2.45) is 0 Å². The van der Waals surface area contributed by atoms with Gasteiger partial charge in [-0.1, -0.05) is 0 Å². The maximum atomic E-state index is 6.25. The Morgan fingerprint density at radius 1 is 0.939 bits per heavy atom. The van der Waals surface area contributed by atoms with Gasteiger partial charge in [-0.15, -0.1) is 0 Å². The predicted octanol–water partition coefficient (Wildman–Crippen LogP) is 2.77. The number of rotatable bonds is 14. The average molecular weight is 459 g/mol. The Hall–Kier alpha value is -2.52. The van der Waals surface area contributed by atoms with Gasteiger partial charge in [-0.2, -0.15) is 0 Å². The van der Waals surface area contributed by atoms with Crippen molar-refractivity contribution in [3.63, 3.8) is 0 Å². The molecule has 0 saturated heterocycles. The zero-order valence-corrected chi connectivity index (χ0v) is 20.2. The summed E-state index contributed by atoms with van der Waals surface area (Å²) in [5.74, 6) is 0.766. The Kier molecular flexibility index (Phi) is 10.1. The van der Waals surface area contributed by atoms with Crippen LogP contribution in [0.25, 0.3) is 22.6 Å². The summed E-state index contributed by atoms with van der Waals surface area (Å²) in [6.45, 7) is 10.2. The van der Waals surface area contributed by atoms with Gasteiger partial charge in [0.1, 0.15) is 24.4 Å². The van der Waals surface area contributed by atoms with E-state index in [1.807, 2.05) is 12.1 Å². The quantitative estimate of drug-likeness (QED) is 0.226. The summed E-state index contributed by atoms with van der Waals surface area (Å²) >= 11 is 0. The monoisotopic (exact) mass is 458 g/mol. The average Bonchev–Trinajstić information content (AvgIpc) is 2.82. The number of fused-ring (bicyclic) bond motifs is 2. The van der Waals surface area contributed by atoms with Crippen molar-refractivity contribution in [3.8, 4) is 11.5 Å². The lowest BCUT2D eigenvalue weighted by atomic mass is 10.1. The zero-order valence-electron chi connectivity index (χ0n) is 20.2. The van der Waals surface area contributed by atoms with Crippen LogP contribution >= 0.6 is 0 Å². The second-order valence-electron chi connectivity index (χ2n) is 7.72. The minimum Gasteiger partial charge on any atom is -0.452 e. The molecule has 1 N–H and O–H groups in total. The second-order valence-corrected chi connectivity index (χ2v) is 7.72. The first-order valence-corrected chi connectivity index (χ1v) is 11.5. The number of nitrogens with zero attached hydrogens (tertiary/aromatic N) is 2.